The van der Waals surface area contributed by atoms with Gasteiger partial charge in [0.1, 0.15) is 0 Å². The van der Waals surface area contributed by atoms with Crippen molar-refractivity contribution < 1.29 is 9.53 Å². The molecular formula is C19H20N4O2. The third-order valence-electron chi connectivity index (χ3n) is 4.90. The molecule has 1 aliphatic rings. The van der Waals surface area contributed by atoms with Crippen molar-refractivity contribution in [3.05, 3.63) is 66.1 Å². The average molecular weight is 336 g/mol. The molecule has 25 heavy (non-hydrogen) atoms. The molecule has 128 valence electrons. The van der Waals surface area contributed by atoms with E-state index in [0.717, 1.165) is 17.0 Å². The highest BCUT2D eigenvalue weighted by Gasteiger charge is 2.41. The van der Waals surface area contributed by atoms with Crippen LogP contribution >= 0.6 is 0 Å². The fourth-order valence-electron chi connectivity index (χ4n) is 3.46. The second kappa shape index (κ2) is 6.64. The van der Waals surface area contributed by atoms with E-state index in [-0.39, 0.29) is 5.91 Å². The Morgan fingerprint density at radius 3 is 2.64 bits per heavy atom. The minimum atomic E-state index is -0.542. The van der Waals surface area contributed by atoms with Crippen molar-refractivity contribution in [2.24, 2.45) is 0 Å². The second-order valence-corrected chi connectivity index (χ2v) is 6.29. The summed E-state index contributed by atoms with van der Waals surface area (Å²) in [5.74, 6) is 0.744. The number of hydrogen-bond donors (Lipinski definition) is 1. The van der Waals surface area contributed by atoms with Crippen molar-refractivity contribution in [3.8, 4) is 0 Å². The highest BCUT2D eigenvalue weighted by atomic mass is 16.5. The summed E-state index contributed by atoms with van der Waals surface area (Å²) in [7, 11) is 0. The number of benzene rings is 1. The molecule has 1 aliphatic heterocycles. The maximum Gasteiger partial charge on any atom is 0.231 e. The molecule has 1 aromatic carbocycles. The van der Waals surface area contributed by atoms with Crippen molar-refractivity contribution in [2.75, 3.05) is 13.2 Å². The quantitative estimate of drug-likeness (QED) is 0.792. The molecule has 1 saturated heterocycles. The molecule has 1 N–H and O–H groups in total. The van der Waals surface area contributed by atoms with Crippen molar-refractivity contribution in [1.29, 1.82) is 0 Å². The summed E-state index contributed by atoms with van der Waals surface area (Å²) in [5, 5.41) is 11.4. The van der Waals surface area contributed by atoms with Crippen molar-refractivity contribution in [2.45, 2.75) is 24.8 Å². The minimum Gasteiger partial charge on any atom is -0.381 e. The number of nitrogens with zero attached hydrogens (tertiary/aromatic N) is 3. The molecule has 2 aromatic heterocycles. The van der Waals surface area contributed by atoms with Crippen LogP contribution in [0.2, 0.25) is 0 Å². The first kappa shape index (κ1) is 15.8. The first-order valence-corrected chi connectivity index (χ1v) is 8.50. The lowest BCUT2D eigenvalue weighted by Gasteiger charge is -2.36. The number of carbonyl (C=O) groups excluding carboxylic acids is 1. The highest BCUT2D eigenvalue weighted by Crippen LogP contribution is 2.35. The van der Waals surface area contributed by atoms with Gasteiger partial charge in [-0.3, -0.25) is 9.20 Å². The van der Waals surface area contributed by atoms with Crippen LogP contribution in [0.25, 0.3) is 5.65 Å². The van der Waals surface area contributed by atoms with E-state index in [1.165, 1.54) is 0 Å². The van der Waals surface area contributed by atoms with Gasteiger partial charge in [0, 0.05) is 19.4 Å². The lowest BCUT2D eigenvalue weighted by Crippen LogP contribution is -2.48. The summed E-state index contributed by atoms with van der Waals surface area (Å²) in [6, 6.07) is 15.7. The fourth-order valence-corrected chi connectivity index (χ4v) is 3.46. The number of aromatic nitrogens is 3. The maximum atomic E-state index is 13.1. The van der Waals surface area contributed by atoms with Gasteiger partial charge < -0.3 is 10.1 Å². The summed E-state index contributed by atoms with van der Waals surface area (Å²) in [4.78, 5) is 13.1. The van der Waals surface area contributed by atoms with Crippen LogP contribution in [0, 0.1) is 0 Å². The molecule has 0 radical (unpaired) electrons. The normalized spacial score (nSPS) is 16.6. The Bertz CT molecular complexity index is 869. The molecule has 0 saturated carbocycles. The van der Waals surface area contributed by atoms with Gasteiger partial charge in [0.05, 0.1) is 12.0 Å². The van der Waals surface area contributed by atoms with Crippen LogP contribution in [0.4, 0.5) is 0 Å². The fraction of sp³-hybridized carbons (Fsp3) is 0.316. The average Bonchev–Trinajstić information content (AvgIpc) is 3.10. The zero-order valence-corrected chi connectivity index (χ0v) is 13.9. The molecule has 0 bridgehead atoms. The number of carbonyl (C=O) groups is 1. The van der Waals surface area contributed by atoms with Gasteiger partial charge >= 0.3 is 0 Å². The van der Waals surface area contributed by atoms with Crippen molar-refractivity contribution >= 4 is 11.6 Å². The second-order valence-electron chi connectivity index (χ2n) is 6.29. The molecule has 3 heterocycles. The molecule has 0 spiro atoms. The van der Waals surface area contributed by atoms with E-state index in [4.69, 9.17) is 4.74 Å². The topological polar surface area (TPSA) is 68.5 Å². The van der Waals surface area contributed by atoms with Gasteiger partial charge in [-0.1, -0.05) is 36.4 Å². The van der Waals surface area contributed by atoms with Crippen molar-refractivity contribution in [3.63, 3.8) is 0 Å². The summed E-state index contributed by atoms with van der Waals surface area (Å²) in [6.07, 6.45) is 3.27. The Labute approximate surface area is 145 Å². The minimum absolute atomic E-state index is 0.0229. The lowest BCUT2D eigenvalue weighted by atomic mass is 9.73. The van der Waals surface area contributed by atoms with Gasteiger partial charge in [-0.05, 0) is 30.5 Å². The molecule has 6 heteroatoms. The third-order valence-corrected chi connectivity index (χ3v) is 4.90. The number of ether oxygens (including phenoxy) is 1. The van der Waals surface area contributed by atoms with Crippen LogP contribution < -0.4 is 5.32 Å². The monoisotopic (exact) mass is 336 g/mol. The van der Waals surface area contributed by atoms with Gasteiger partial charge in [-0.15, -0.1) is 10.2 Å². The smallest absolute Gasteiger partial charge is 0.231 e. The van der Waals surface area contributed by atoms with E-state index in [2.05, 4.69) is 15.5 Å². The zero-order valence-electron chi connectivity index (χ0n) is 13.9. The van der Waals surface area contributed by atoms with Gasteiger partial charge in [0.25, 0.3) is 0 Å². The third kappa shape index (κ3) is 2.89. The largest absolute Gasteiger partial charge is 0.381 e. The number of amides is 1. The predicted octanol–water partition coefficient (Wildman–Crippen LogP) is 2.09. The lowest BCUT2D eigenvalue weighted by molar-refractivity contribution is -0.130. The van der Waals surface area contributed by atoms with Crippen molar-refractivity contribution in [1.82, 2.24) is 19.9 Å². The molecule has 3 aromatic rings. The molecule has 0 unspecified atom stereocenters. The van der Waals surface area contributed by atoms with Gasteiger partial charge in [0.2, 0.25) is 5.91 Å². The number of nitrogens with one attached hydrogen (secondary N) is 1. The first-order chi connectivity index (χ1) is 12.3. The van der Waals surface area contributed by atoms with Crippen LogP contribution in [0.1, 0.15) is 24.2 Å². The predicted molar refractivity (Wildman–Crippen MR) is 93.0 cm³/mol. The Kier molecular flexibility index (Phi) is 4.19. The van der Waals surface area contributed by atoms with E-state index < -0.39 is 5.41 Å². The van der Waals surface area contributed by atoms with Crippen LogP contribution in [0.3, 0.4) is 0 Å². The molecule has 4 rings (SSSR count). The number of rotatable bonds is 4. The van der Waals surface area contributed by atoms with E-state index in [0.29, 0.717) is 32.6 Å². The van der Waals surface area contributed by atoms with Gasteiger partial charge in [0.15, 0.2) is 11.5 Å². The number of fused-ring (bicyclic) bond motifs is 1. The van der Waals surface area contributed by atoms with Gasteiger partial charge in [-0.2, -0.15) is 0 Å². The summed E-state index contributed by atoms with van der Waals surface area (Å²) in [6.45, 7) is 1.53. The highest BCUT2D eigenvalue weighted by molar-refractivity contribution is 5.88. The van der Waals surface area contributed by atoms with E-state index >= 15 is 0 Å². The maximum absolute atomic E-state index is 13.1. The molecule has 0 atom stereocenters. The Morgan fingerprint density at radius 1 is 1.08 bits per heavy atom. The van der Waals surface area contributed by atoms with E-state index in [9.17, 15) is 4.79 Å². The Morgan fingerprint density at radius 2 is 1.84 bits per heavy atom. The van der Waals surface area contributed by atoms with Gasteiger partial charge in [-0.25, -0.2) is 0 Å². The number of hydrogen-bond acceptors (Lipinski definition) is 4. The molecule has 6 nitrogen and oxygen atoms in total. The van der Waals surface area contributed by atoms with Crippen LogP contribution in [-0.2, 0) is 21.5 Å². The van der Waals surface area contributed by atoms with Crippen LogP contribution in [0.5, 0.6) is 0 Å². The zero-order chi connectivity index (χ0) is 17.1. The molecular weight excluding hydrogens is 316 g/mol. The summed E-state index contributed by atoms with van der Waals surface area (Å²) < 4.78 is 7.39. The summed E-state index contributed by atoms with van der Waals surface area (Å²) in [5.41, 5.74) is 1.28. The first-order valence-electron chi connectivity index (χ1n) is 8.50. The Balaban J connectivity index is 1.57. The molecule has 0 aliphatic carbocycles. The molecule has 1 amide bonds. The summed E-state index contributed by atoms with van der Waals surface area (Å²) >= 11 is 0. The van der Waals surface area contributed by atoms with E-state index in [1.54, 1.807) is 0 Å². The molecule has 1 fully saturated rings. The SMILES string of the molecule is O=C(NCc1nnc2ccccn12)C1(c2ccccc2)CCOCC1. The Hall–Kier alpha value is -2.73. The number of pyridine rings is 1. The van der Waals surface area contributed by atoms with Crippen LogP contribution in [0.15, 0.2) is 54.7 Å². The van der Waals surface area contributed by atoms with E-state index in [1.807, 2.05) is 59.1 Å². The standard InChI is InChI=1S/C19H20N4O2/c24-18(20-14-17-22-21-16-8-4-5-11-23(16)17)19(9-12-25-13-10-19)15-6-2-1-3-7-15/h1-8,11H,9-10,12-14H2,(H,20,24). The van der Waals surface area contributed by atoms with Crippen LogP contribution in [-0.4, -0.2) is 33.7 Å².